The molecule has 0 fully saturated rings. The third-order valence-electron chi connectivity index (χ3n) is 6.23. The number of carbonyl (C=O) groups excluding carboxylic acids is 3. The normalized spacial score (nSPS) is 11.5. The number of hydrogen-bond acceptors (Lipinski definition) is 7. The SMILES string of the molecule is CNC(=O)c1cccc(-c2nc(Cc3cncc(C(=O)c4ccc(F)cc4)c3)c(NC(=O)[C@H](C)NC)c(=O)[nH]2)c1. The number of amides is 2. The Balaban J connectivity index is 1.76. The number of benzene rings is 2. The maximum atomic E-state index is 13.3. The number of nitrogens with one attached hydrogen (secondary N) is 4. The minimum absolute atomic E-state index is 0.0476. The van der Waals surface area contributed by atoms with Crippen molar-refractivity contribution in [2.45, 2.75) is 19.4 Å². The van der Waals surface area contributed by atoms with Gasteiger partial charge in [-0.1, -0.05) is 12.1 Å². The first-order chi connectivity index (χ1) is 19.2. The van der Waals surface area contributed by atoms with Gasteiger partial charge in [0.15, 0.2) is 5.78 Å². The van der Waals surface area contributed by atoms with Crippen LogP contribution in [-0.2, 0) is 11.2 Å². The van der Waals surface area contributed by atoms with Crippen LogP contribution in [-0.4, -0.2) is 52.7 Å². The Morgan fingerprint density at radius 3 is 2.42 bits per heavy atom. The van der Waals surface area contributed by atoms with Crippen LogP contribution < -0.4 is 21.5 Å². The van der Waals surface area contributed by atoms with Crippen LogP contribution in [0.4, 0.5) is 10.1 Å². The monoisotopic (exact) mass is 542 g/mol. The summed E-state index contributed by atoms with van der Waals surface area (Å²) in [5.41, 5.74) is 1.56. The van der Waals surface area contributed by atoms with Crippen LogP contribution in [0, 0.1) is 5.82 Å². The van der Waals surface area contributed by atoms with E-state index in [4.69, 9.17) is 0 Å². The molecule has 0 aliphatic heterocycles. The molecule has 2 aromatic heterocycles. The van der Waals surface area contributed by atoms with Crippen molar-refractivity contribution in [3.63, 3.8) is 0 Å². The minimum atomic E-state index is -0.589. The lowest BCUT2D eigenvalue weighted by molar-refractivity contribution is -0.117. The van der Waals surface area contributed by atoms with E-state index in [1.54, 1.807) is 44.3 Å². The molecule has 4 rings (SSSR count). The number of H-pyrrole nitrogens is 1. The third kappa shape index (κ3) is 6.33. The molecule has 2 amide bonds. The Kier molecular flexibility index (Phi) is 8.55. The van der Waals surface area contributed by atoms with Gasteiger partial charge in [0, 0.05) is 48.1 Å². The summed E-state index contributed by atoms with van der Waals surface area (Å²) in [4.78, 5) is 62.5. The summed E-state index contributed by atoms with van der Waals surface area (Å²) in [6.07, 6.45) is 2.97. The summed E-state index contributed by atoms with van der Waals surface area (Å²) in [7, 11) is 3.13. The lowest BCUT2D eigenvalue weighted by atomic mass is 10.0. The lowest BCUT2D eigenvalue weighted by Gasteiger charge is -2.15. The predicted octanol–water partition coefficient (Wildman–Crippen LogP) is 2.70. The maximum Gasteiger partial charge on any atom is 0.275 e. The third-order valence-corrected chi connectivity index (χ3v) is 6.23. The lowest BCUT2D eigenvalue weighted by Crippen LogP contribution is -2.37. The van der Waals surface area contributed by atoms with Gasteiger partial charge in [-0.15, -0.1) is 0 Å². The molecule has 0 aliphatic rings. The van der Waals surface area contributed by atoms with Crippen molar-refractivity contribution in [1.82, 2.24) is 25.6 Å². The van der Waals surface area contributed by atoms with Crippen LogP contribution in [0.2, 0.25) is 0 Å². The van der Waals surface area contributed by atoms with E-state index in [1.807, 2.05) is 0 Å². The number of likely N-dealkylation sites (N-methyl/N-ethyl adjacent to an activating group) is 1. The molecule has 204 valence electrons. The average molecular weight is 543 g/mol. The van der Waals surface area contributed by atoms with Gasteiger partial charge in [-0.05, 0) is 62.0 Å². The molecule has 4 N–H and O–H groups in total. The van der Waals surface area contributed by atoms with Gasteiger partial charge in [-0.25, -0.2) is 9.37 Å². The number of halogens is 1. The summed E-state index contributed by atoms with van der Waals surface area (Å²) in [5.74, 6) is -1.36. The van der Waals surface area contributed by atoms with Crippen molar-refractivity contribution in [3.05, 3.63) is 111 Å². The van der Waals surface area contributed by atoms with Gasteiger partial charge in [-0.3, -0.25) is 24.2 Å². The van der Waals surface area contributed by atoms with Crippen LogP contribution in [0.3, 0.4) is 0 Å². The smallest absolute Gasteiger partial charge is 0.275 e. The van der Waals surface area contributed by atoms with E-state index < -0.39 is 23.3 Å². The molecular weight excluding hydrogens is 515 g/mol. The highest BCUT2D eigenvalue weighted by Gasteiger charge is 2.20. The molecule has 40 heavy (non-hydrogen) atoms. The molecule has 2 heterocycles. The number of nitrogens with zero attached hydrogens (tertiary/aromatic N) is 2. The molecule has 11 heteroatoms. The number of rotatable bonds is 9. The zero-order valence-electron chi connectivity index (χ0n) is 22.0. The van der Waals surface area contributed by atoms with E-state index in [1.165, 1.54) is 43.7 Å². The maximum absolute atomic E-state index is 13.3. The highest BCUT2D eigenvalue weighted by atomic mass is 19.1. The van der Waals surface area contributed by atoms with E-state index in [0.717, 1.165) is 0 Å². The van der Waals surface area contributed by atoms with Crippen molar-refractivity contribution in [2.75, 3.05) is 19.4 Å². The molecular formula is C29H27FN6O4. The summed E-state index contributed by atoms with van der Waals surface area (Å²) in [5, 5.41) is 8.01. The van der Waals surface area contributed by atoms with Crippen LogP contribution in [0.5, 0.6) is 0 Å². The standard InChI is InChI=1S/C29H27FN6O4/c1-16(31-2)27(38)35-24-23(34-26(36-29(24)40)19-5-4-6-20(13-19)28(39)32-3)12-17-11-21(15-33-14-17)25(37)18-7-9-22(30)10-8-18/h4-11,13-16,31H,12H2,1-3H3,(H,32,39)(H,35,38)(H,34,36,40)/t16-/m0/s1. The highest BCUT2D eigenvalue weighted by molar-refractivity contribution is 6.08. The fraction of sp³-hybridized carbons (Fsp3) is 0.172. The fourth-order valence-electron chi connectivity index (χ4n) is 3.90. The van der Waals surface area contributed by atoms with Gasteiger partial charge in [0.05, 0.1) is 11.7 Å². The van der Waals surface area contributed by atoms with Crippen molar-refractivity contribution in [1.29, 1.82) is 0 Å². The van der Waals surface area contributed by atoms with Gasteiger partial charge in [-0.2, -0.15) is 0 Å². The first-order valence-electron chi connectivity index (χ1n) is 12.4. The second-order valence-corrected chi connectivity index (χ2v) is 8.99. The Bertz CT molecular complexity index is 1630. The van der Waals surface area contributed by atoms with Crippen LogP contribution in [0.15, 0.2) is 71.8 Å². The Morgan fingerprint density at radius 2 is 1.73 bits per heavy atom. The van der Waals surface area contributed by atoms with Gasteiger partial charge in [0.25, 0.3) is 11.5 Å². The molecule has 0 unspecified atom stereocenters. The minimum Gasteiger partial charge on any atom is -0.355 e. The Morgan fingerprint density at radius 1 is 0.975 bits per heavy atom. The van der Waals surface area contributed by atoms with Gasteiger partial charge >= 0.3 is 0 Å². The Labute approximate surface area is 229 Å². The first kappa shape index (κ1) is 28.0. The number of anilines is 1. The molecule has 0 spiro atoms. The zero-order valence-corrected chi connectivity index (χ0v) is 22.0. The second-order valence-electron chi connectivity index (χ2n) is 8.99. The van der Waals surface area contributed by atoms with Crippen LogP contribution in [0.25, 0.3) is 11.4 Å². The molecule has 1 atom stereocenters. The molecule has 0 aliphatic carbocycles. The molecule has 0 bridgehead atoms. The van der Waals surface area contributed by atoms with Crippen LogP contribution in [0.1, 0.15) is 44.5 Å². The average Bonchev–Trinajstić information content (AvgIpc) is 2.98. The fourth-order valence-corrected chi connectivity index (χ4v) is 3.90. The van der Waals surface area contributed by atoms with Crippen molar-refractivity contribution < 1.29 is 18.8 Å². The van der Waals surface area contributed by atoms with E-state index >= 15 is 0 Å². The van der Waals surface area contributed by atoms with E-state index in [9.17, 15) is 23.6 Å². The molecule has 4 aromatic rings. The molecule has 0 saturated carbocycles. The number of pyridine rings is 1. The van der Waals surface area contributed by atoms with Crippen molar-refractivity contribution >= 4 is 23.3 Å². The van der Waals surface area contributed by atoms with E-state index in [-0.39, 0.29) is 40.9 Å². The molecule has 0 saturated heterocycles. The summed E-state index contributed by atoms with van der Waals surface area (Å²) >= 11 is 0. The summed E-state index contributed by atoms with van der Waals surface area (Å²) < 4.78 is 13.3. The zero-order chi connectivity index (χ0) is 28.8. The van der Waals surface area contributed by atoms with Crippen LogP contribution >= 0.6 is 0 Å². The van der Waals surface area contributed by atoms with Crippen molar-refractivity contribution in [3.8, 4) is 11.4 Å². The summed E-state index contributed by atoms with van der Waals surface area (Å²) in [6, 6.07) is 12.8. The molecule has 0 radical (unpaired) electrons. The topological polar surface area (TPSA) is 146 Å². The van der Waals surface area contributed by atoms with Gasteiger partial charge < -0.3 is 20.9 Å². The first-order valence-corrected chi connectivity index (χ1v) is 12.4. The summed E-state index contributed by atoms with van der Waals surface area (Å²) in [6.45, 7) is 1.64. The van der Waals surface area contributed by atoms with Gasteiger partial charge in [0.1, 0.15) is 17.3 Å². The molecule has 10 nitrogen and oxygen atoms in total. The predicted molar refractivity (Wildman–Crippen MR) is 148 cm³/mol. The van der Waals surface area contributed by atoms with Crippen molar-refractivity contribution in [2.24, 2.45) is 0 Å². The number of carbonyl (C=O) groups is 3. The number of hydrogen-bond donors (Lipinski definition) is 4. The quantitative estimate of drug-likeness (QED) is 0.238. The van der Waals surface area contributed by atoms with E-state index in [0.29, 0.717) is 22.3 Å². The van der Waals surface area contributed by atoms with E-state index in [2.05, 4.69) is 30.9 Å². The second kappa shape index (κ2) is 12.2. The number of aromatic nitrogens is 3. The number of aromatic amines is 1. The number of ketones is 1. The highest BCUT2D eigenvalue weighted by Crippen LogP contribution is 2.21. The molecule has 2 aromatic carbocycles. The Hall–Kier alpha value is -5.03. The van der Waals surface area contributed by atoms with Gasteiger partial charge in [0.2, 0.25) is 5.91 Å². The largest absolute Gasteiger partial charge is 0.355 e.